The van der Waals surface area contributed by atoms with Crippen LogP contribution in [-0.2, 0) is 4.79 Å². The normalized spacial score (nSPS) is 49.8. The Kier molecular flexibility index (Phi) is 5.69. The lowest BCUT2D eigenvalue weighted by atomic mass is 9.44. The van der Waals surface area contributed by atoms with Gasteiger partial charge >= 0.3 is 0 Å². The minimum atomic E-state index is 0.390. The summed E-state index contributed by atoms with van der Waals surface area (Å²) in [5.74, 6) is 5.29. The highest BCUT2D eigenvalue weighted by Gasteiger charge is 2.59. The first-order valence-corrected chi connectivity index (χ1v) is 10.9. The fourth-order valence-corrected chi connectivity index (χ4v) is 8.40. The smallest absolute Gasteiger partial charge is 0.106 e. The van der Waals surface area contributed by atoms with E-state index < -0.39 is 0 Å². The summed E-state index contributed by atoms with van der Waals surface area (Å²) in [5, 5.41) is 9.73. The maximum absolute atomic E-state index is 9.73. The van der Waals surface area contributed by atoms with Crippen LogP contribution in [0.5, 0.6) is 0 Å². The zero-order valence-electron chi connectivity index (χ0n) is 16.8. The van der Waals surface area contributed by atoms with Crippen LogP contribution in [0.2, 0.25) is 0 Å². The van der Waals surface area contributed by atoms with Gasteiger partial charge in [0.25, 0.3) is 0 Å². The van der Waals surface area contributed by atoms with E-state index in [1.54, 1.807) is 0 Å². The van der Waals surface area contributed by atoms with Gasteiger partial charge in [-0.25, -0.2) is 0 Å². The van der Waals surface area contributed by atoms with Crippen LogP contribution in [0.25, 0.3) is 0 Å². The molecule has 0 aromatic carbocycles. The van der Waals surface area contributed by atoms with Crippen LogP contribution in [0.4, 0.5) is 0 Å². The van der Waals surface area contributed by atoms with Gasteiger partial charge in [0.05, 0.1) is 0 Å². The van der Waals surface area contributed by atoms with Crippen LogP contribution in [-0.4, -0.2) is 18.5 Å². The van der Waals surface area contributed by atoms with Crippen molar-refractivity contribution in [3.63, 3.8) is 0 Å². The molecule has 0 spiro atoms. The standard InChI is InChI=1S/C22H38O.CH2O/c1-15(14-23)18-9-10-19-17-8-7-16-6-4-5-12-21(16,2)20(17)11-13-22(18,19)3;1-2/h15-20,23H,4-14H2,1-3H3;1H2. The summed E-state index contributed by atoms with van der Waals surface area (Å²) in [6.07, 6.45) is 14.8. The van der Waals surface area contributed by atoms with Gasteiger partial charge < -0.3 is 9.90 Å². The molecule has 8 unspecified atom stereocenters. The van der Waals surface area contributed by atoms with E-state index in [1.165, 1.54) is 64.2 Å². The van der Waals surface area contributed by atoms with Crippen molar-refractivity contribution in [1.82, 2.24) is 0 Å². The minimum Gasteiger partial charge on any atom is -0.396 e. The van der Waals surface area contributed by atoms with Crippen molar-refractivity contribution in [2.75, 3.05) is 6.61 Å². The van der Waals surface area contributed by atoms with E-state index >= 15 is 0 Å². The van der Waals surface area contributed by atoms with Crippen molar-refractivity contribution in [3.05, 3.63) is 0 Å². The predicted molar refractivity (Wildman–Crippen MR) is 103 cm³/mol. The topological polar surface area (TPSA) is 37.3 Å². The van der Waals surface area contributed by atoms with E-state index in [1.807, 2.05) is 6.79 Å². The Hall–Kier alpha value is -0.370. The Labute approximate surface area is 155 Å². The molecule has 0 radical (unpaired) electrons. The first kappa shape index (κ1) is 19.4. The highest BCUT2D eigenvalue weighted by atomic mass is 16.3. The molecule has 0 aromatic heterocycles. The predicted octanol–water partition coefficient (Wildman–Crippen LogP) is 5.48. The number of hydrogen-bond acceptors (Lipinski definition) is 2. The van der Waals surface area contributed by atoms with Gasteiger partial charge in [0, 0.05) is 6.61 Å². The molecule has 4 aliphatic carbocycles. The van der Waals surface area contributed by atoms with Gasteiger partial charge in [0.15, 0.2) is 0 Å². The molecule has 0 bridgehead atoms. The van der Waals surface area contributed by atoms with Crippen LogP contribution in [0, 0.1) is 46.3 Å². The monoisotopic (exact) mass is 348 g/mol. The largest absolute Gasteiger partial charge is 0.396 e. The molecule has 0 aromatic rings. The average Bonchev–Trinajstić information content (AvgIpc) is 2.99. The second kappa shape index (κ2) is 7.33. The SMILES string of the molecule is C=O.CC(CO)C1CCC2C3CCC4CCCCC4(C)C3CCC12C. The molecule has 1 N–H and O–H groups in total. The van der Waals surface area contributed by atoms with Crippen LogP contribution in [0.1, 0.15) is 85.0 Å². The molecule has 4 fully saturated rings. The van der Waals surface area contributed by atoms with Crippen LogP contribution < -0.4 is 0 Å². The van der Waals surface area contributed by atoms with Crippen molar-refractivity contribution >= 4 is 6.79 Å². The van der Waals surface area contributed by atoms with Gasteiger partial charge in [-0.15, -0.1) is 0 Å². The van der Waals surface area contributed by atoms with Crippen molar-refractivity contribution in [3.8, 4) is 0 Å². The molecule has 0 aliphatic heterocycles. The Morgan fingerprint density at radius 1 is 0.920 bits per heavy atom. The van der Waals surface area contributed by atoms with Gasteiger partial charge in [0.1, 0.15) is 6.79 Å². The van der Waals surface area contributed by atoms with E-state index in [4.69, 9.17) is 4.79 Å². The first-order valence-electron chi connectivity index (χ1n) is 10.9. The van der Waals surface area contributed by atoms with Gasteiger partial charge in [-0.05, 0) is 97.7 Å². The van der Waals surface area contributed by atoms with E-state index in [0.29, 0.717) is 23.4 Å². The Bertz CT molecular complexity index is 463. The zero-order chi connectivity index (χ0) is 18.2. The van der Waals surface area contributed by atoms with Gasteiger partial charge in [-0.1, -0.05) is 33.6 Å². The van der Waals surface area contributed by atoms with Crippen molar-refractivity contribution in [1.29, 1.82) is 0 Å². The fourth-order valence-electron chi connectivity index (χ4n) is 8.40. The average molecular weight is 349 g/mol. The van der Waals surface area contributed by atoms with E-state index in [0.717, 1.165) is 29.6 Å². The summed E-state index contributed by atoms with van der Waals surface area (Å²) >= 11 is 0. The lowest BCUT2D eigenvalue weighted by Crippen LogP contribution is -2.53. The molecule has 8 atom stereocenters. The number of carbonyl (C=O) groups is 1. The van der Waals surface area contributed by atoms with Crippen molar-refractivity contribution in [2.45, 2.75) is 85.0 Å². The van der Waals surface area contributed by atoms with Crippen LogP contribution >= 0.6 is 0 Å². The quantitative estimate of drug-likeness (QED) is 0.717. The number of fused-ring (bicyclic) bond motifs is 5. The summed E-state index contributed by atoms with van der Waals surface area (Å²) in [5.41, 5.74) is 1.20. The Balaban J connectivity index is 0.000000880. The zero-order valence-corrected chi connectivity index (χ0v) is 16.8. The van der Waals surface area contributed by atoms with Crippen molar-refractivity contribution in [2.24, 2.45) is 46.3 Å². The molecule has 0 saturated heterocycles. The molecular formula is C23H40O2. The number of carbonyl (C=O) groups excluding carboxylic acids is 1. The molecule has 144 valence electrons. The molecule has 0 amide bonds. The van der Waals surface area contributed by atoms with Gasteiger partial charge in [0.2, 0.25) is 0 Å². The van der Waals surface area contributed by atoms with Gasteiger partial charge in [-0.3, -0.25) is 0 Å². The maximum atomic E-state index is 9.73. The summed E-state index contributed by atoms with van der Waals surface area (Å²) < 4.78 is 0. The van der Waals surface area contributed by atoms with Crippen LogP contribution in [0.3, 0.4) is 0 Å². The summed E-state index contributed by atoms with van der Waals surface area (Å²) in [4.78, 5) is 8.00. The summed E-state index contributed by atoms with van der Waals surface area (Å²) in [7, 11) is 0. The van der Waals surface area contributed by atoms with Crippen molar-refractivity contribution < 1.29 is 9.90 Å². The Morgan fingerprint density at radius 2 is 1.64 bits per heavy atom. The van der Waals surface area contributed by atoms with E-state index in [2.05, 4.69) is 20.8 Å². The third-order valence-electron chi connectivity index (χ3n) is 9.63. The number of aliphatic hydroxyl groups is 1. The summed E-state index contributed by atoms with van der Waals surface area (Å²) in [6.45, 7) is 9.97. The lowest BCUT2D eigenvalue weighted by molar-refractivity contribution is -0.115. The number of hydrogen-bond donors (Lipinski definition) is 1. The second-order valence-corrected chi connectivity index (χ2v) is 10.3. The molecule has 4 rings (SSSR count). The third-order valence-corrected chi connectivity index (χ3v) is 9.63. The second-order valence-electron chi connectivity index (χ2n) is 10.3. The maximum Gasteiger partial charge on any atom is 0.106 e. The molecule has 4 saturated carbocycles. The first-order chi connectivity index (χ1) is 12.0. The van der Waals surface area contributed by atoms with Crippen LogP contribution in [0.15, 0.2) is 0 Å². The Morgan fingerprint density at radius 3 is 2.36 bits per heavy atom. The molecule has 0 heterocycles. The third kappa shape index (κ3) is 2.91. The molecule has 25 heavy (non-hydrogen) atoms. The highest BCUT2D eigenvalue weighted by molar-refractivity contribution is 5.11. The molecular weight excluding hydrogens is 308 g/mol. The van der Waals surface area contributed by atoms with E-state index in [9.17, 15) is 5.11 Å². The molecule has 2 nitrogen and oxygen atoms in total. The summed E-state index contributed by atoms with van der Waals surface area (Å²) in [6, 6.07) is 0. The fraction of sp³-hybridized carbons (Fsp3) is 0.957. The molecule has 4 aliphatic rings. The van der Waals surface area contributed by atoms with E-state index in [-0.39, 0.29) is 0 Å². The lowest BCUT2D eigenvalue weighted by Gasteiger charge is -2.60. The number of rotatable bonds is 2. The molecule has 2 heteroatoms. The number of aliphatic hydroxyl groups excluding tert-OH is 1. The van der Waals surface area contributed by atoms with Gasteiger partial charge in [-0.2, -0.15) is 0 Å². The highest BCUT2D eigenvalue weighted by Crippen LogP contribution is 2.68. The minimum absolute atomic E-state index is 0.390.